The van der Waals surface area contributed by atoms with E-state index in [1.54, 1.807) is 12.1 Å². The van der Waals surface area contributed by atoms with Crippen LogP contribution in [0.25, 0.3) is 0 Å². The van der Waals surface area contributed by atoms with E-state index in [9.17, 15) is 14.4 Å². The lowest BCUT2D eigenvalue weighted by molar-refractivity contribution is -0.131. The number of carbonyl (C=O) groups is 3. The molecule has 5 rings (SSSR count). The van der Waals surface area contributed by atoms with Gasteiger partial charge >= 0.3 is 5.97 Å². The van der Waals surface area contributed by atoms with Gasteiger partial charge in [0.05, 0.1) is 11.1 Å². The number of fused-ring (bicyclic) bond motifs is 4. The number of hydrogen-bond donors (Lipinski definition) is 0. The summed E-state index contributed by atoms with van der Waals surface area (Å²) in [5.74, 6) is 0.591. The fourth-order valence-corrected chi connectivity index (χ4v) is 7.28. The van der Waals surface area contributed by atoms with Gasteiger partial charge in [-0.3, -0.25) is 19.3 Å². The quantitative estimate of drug-likeness (QED) is 0.308. The Morgan fingerprint density at radius 3 is 2.34 bits per heavy atom. The minimum atomic E-state index is -0.302. The molecule has 0 aromatic heterocycles. The third kappa shape index (κ3) is 3.71. The van der Waals surface area contributed by atoms with Gasteiger partial charge in [0.2, 0.25) is 0 Å². The Morgan fingerprint density at radius 2 is 1.74 bits per heavy atom. The van der Waals surface area contributed by atoms with Gasteiger partial charge < -0.3 is 4.74 Å². The Kier molecular flexibility index (Phi) is 5.65. The van der Waals surface area contributed by atoms with E-state index < -0.39 is 0 Å². The van der Waals surface area contributed by atoms with Crippen LogP contribution in [0.3, 0.4) is 0 Å². The van der Waals surface area contributed by atoms with E-state index in [0.29, 0.717) is 29.3 Å². The Balaban J connectivity index is 1.52. The number of amides is 2. The number of aryl methyl sites for hydroxylation is 1. The van der Waals surface area contributed by atoms with E-state index >= 15 is 0 Å². The summed E-state index contributed by atoms with van der Waals surface area (Å²) < 4.78 is 5.68. The highest BCUT2D eigenvalue weighted by Gasteiger charge is 2.54. The summed E-state index contributed by atoms with van der Waals surface area (Å²) in [5, 5.41) is 0. The van der Waals surface area contributed by atoms with Crippen LogP contribution < -0.4 is 4.74 Å². The van der Waals surface area contributed by atoms with Crippen LogP contribution in [0.4, 0.5) is 0 Å². The van der Waals surface area contributed by atoms with Crippen LogP contribution in [-0.4, -0.2) is 29.2 Å². The van der Waals surface area contributed by atoms with Crippen molar-refractivity contribution < 1.29 is 19.1 Å². The van der Waals surface area contributed by atoms with Crippen molar-refractivity contribution in [3.63, 3.8) is 0 Å². The molecule has 3 atom stereocenters. The second-order valence-corrected chi connectivity index (χ2v) is 11.6. The van der Waals surface area contributed by atoms with Gasteiger partial charge in [0.15, 0.2) is 0 Å². The molecule has 35 heavy (non-hydrogen) atoms. The van der Waals surface area contributed by atoms with E-state index in [4.69, 9.17) is 4.74 Å². The maximum atomic E-state index is 13.2. The number of ether oxygens (including phenoxy) is 1. The molecule has 0 unspecified atom stereocenters. The van der Waals surface area contributed by atoms with E-state index in [0.717, 1.165) is 37.7 Å². The molecule has 2 aromatic rings. The van der Waals surface area contributed by atoms with Crippen LogP contribution in [0.5, 0.6) is 5.75 Å². The van der Waals surface area contributed by atoms with E-state index in [2.05, 4.69) is 39.8 Å². The van der Waals surface area contributed by atoms with E-state index in [-0.39, 0.29) is 34.5 Å². The molecule has 0 saturated heterocycles. The van der Waals surface area contributed by atoms with Gasteiger partial charge in [-0.2, -0.15) is 0 Å². The molecule has 2 aromatic carbocycles. The van der Waals surface area contributed by atoms with Gasteiger partial charge in [0.25, 0.3) is 11.8 Å². The largest absolute Gasteiger partial charge is 0.426 e. The van der Waals surface area contributed by atoms with Crippen LogP contribution in [0.2, 0.25) is 0 Å². The fourth-order valence-electron chi connectivity index (χ4n) is 7.28. The summed E-state index contributed by atoms with van der Waals surface area (Å²) in [6.45, 7) is 10.7. The second-order valence-electron chi connectivity index (χ2n) is 11.6. The van der Waals surface area contributed by atoms with Gasteiger partial charge in [-0.05, 0) is 83.2 Å². The molecule has 1 fully saturated rings. The first-order chi connectivity index (χ1) is 16.5. The molecule has 0 radical (unpaired) electrons. The van der Waals surface area contributed by atoms with Crippen molar-refractivity contribution in [2.75, 3.05) is 6.54 Å². The normalized spacial score (nSPS) is 27.5. The minimum absolute atomic E-state index is 0.107. The molecule has 2 aliphatic carbocycles. The van der Waals surface area contributed by atoms with Crippen LogP contribution in [0, 0.1) is 11.3 Å². The first kappa shape index (κ1) is 23.8. The van der Waals surface area contributed by atoms with Crippen LogP contribution in [0.15, 0.2) is 36.4 Å². The number of hydrogen-bond acceptors (Lipinski definition) is 4. The average molecular weight is 474 g/mol. The predicted molar refractivity (Wildman–Crippen MR) is 135 cm³/mol. The van der Waals surface area contributed by atoms with Gasteiger partial charge in [-0.15, -0.1) is 0 Å². The molecule has 0 N–H and O–H groups in total. The van der Waals surface area contributed by atoms with Gasteiger partial charge in [-0.1, -0.05) is 52.3 Å². The van der Waals surface area contributed by atoms with Crippen molar-refractivity contribution in [3.05, 3.63) is 64.2 Å². The SMILES string of the molecule is CC(=O)Oc1cc2c(cc1C(C)C)CC[C@H]1[C@](C)(CN3C(=O)c4ccccc4C3=O)CCC[C@]21C. The zero-order valence-electron chi connectivity index (χ0n) is 21.4. The van der Waals surface area contributed by atoms with Crippen LogP contribution in [0.1, 0.15) is 104 Å². The number of esters is 1. The summed E-state index contributed by atoms with van der Waals surface area (Å²) in [6, 6.07) is 11.5. The van der Waals surface area contributed by atoms with Crippen molar-refractivity contribution in [1.82, 2.24) is 4.90 Å². The molecule has 5 nitrogen and oxygen atoms in total. The molecular formula is C30H35NO4. The van der Waals surface area contributed by atoms with E-state index in [1.807, 2.05) is 12.1 Å². The highest BCUT2D eigenvalue weighted by molar-refractivity contribution is 6.21. The summed E-state index contributed by atoms with van der Waals surface area (Å²) in [4.78, 5) is 39.7. The molecule has 0 bridgehead atoms. The molecular weight excluding hydrogens is 438 g/mol. The Labute approximate surface area is 207 Å². The Hall–Kier alpha value is -2.95. The van der Waals surface area contributed by atoms with Crippen molar-refractivity contribution in [2.24, 2.45) is 11.3 Å². The highest BCUT2D eigenvalue weighted by atomic mass is 16.5. The van der Waals surface area contributed by atoms with Crippen LogP contribution >= 0.6 is 0 Å². The predicted octanol–water partition coefficient (Wildman–Crippen LogP) is 6.04. The Morgan fingerprint density at radius 1 is 1.09 bits per heavy atom. The lowest BCUT2D eigenvalue weighted by atomic mass is 9.49. The van der Waals surface area contributed by atoms with Gasteiger partial charge in [-0.25, -0.2) is 0 Å². The maximum Gasteiger partial charge on any atom is 0.308 e. The summed E-state index contributed by atoms with van der Waals surface area (Å²) in [7, 11) is 0. The summed E-state index contributed by atoms with van der Waals surface area (Å²) in [5.41, 5.74) is 4.42. The van der Waals surface area contributed by atoms with Crippen molar-refractivity contribution >= 4 is 17.8 Å². The maximum absolute atomic E-state index is 13.2. The lowest BCUT2D eigenvalue weighted by Crippen LogP contribution is -2.54. The monoisotopic (exact) mass is 473 g/mol. The van der Waals surface area contributed by atoms with Gasteiger partial charge in [0.1, 0.15) is 5.75 Å². The van der Waals surface area contributed by atoms with Crippen molar-refractivity contribution in [2.45, 2.75) is 78.1 Å². The van der Waals surface area contributed by atoms with Crippen LogP contribution in [-0.2, 0) is 16.6 Å². The molecule has 3 aliphatic rings. The van der Waals surface area contributed by atoms with Crippen molar-refractivity contribution in [3.8, 4) is 5.75 Å². The molecule has 5 heteroatoms. The number of nitrogens with zero attached hydrogens (tertiary/aromatic N) is 1. The van der Waals surface area contributed by atoms with Gasteiger partial charge in [0, 0.05) is 13.5 Å². The number of imide groups is 1. The van der Waals surface area contributed by atoms with Crippen molar-refractivity contribution in [1.29, 1.82) is 0 Å². The molecule has 1 saturated carbocycles. The number of carbonyl (C=O) groups excluding carboxylic acids is 3. The van der Waals surface area contributed by atoms with E-state index in [1.165, 1.54) is 23.0 Å². The summed E-state index contributed by atoms with van der Waals surface area (Å²) in [6.07, 6.45) is 5.03. The molecule has 184 valence electrons. The first-order valence-corrected chi connectivity index (χ1v) is 12.9. The Bertz CT molecular complexity index is 1200. The minimum Gasteiger partial charge on any atom is -0.426 e. The standard InChI is InChI=1S/C30H35NO4/c1-18(2)23-15-20-11-12-26-29(4,17-31-27(33)21-9-6-7-10-22(21)28(31)34)13-8-14-30(26,5)24(20)16-25(23)35-19(3)32/h6-7,9-10,15-16,18,26H,8,11-14,17H2,1-5H3/t26-,29-,30+/m0/s1. The average Bonchev–Trinajstić information content (AvgIpc) is 3.03. The zero-order chi connectivity index (χ0) is 25.1. The molecule has 0 spiro atoms. The lowest BCUT2D eigenvalue weighted by Gasteiger charge is -2.56. The third-order valence-corrected chi connectivity index (χ3v) is 8.88. The molecule has 1 aliphatic heterocycles. The highest BCUT2D eigenvalue weighted by Crippen LogP contribution is 2.58. The topological polar surface area (TPSA) is 63.7 Å². The molecule has 2 amide bonds. The smallest absolute Gasteiger partial charge is 0.308 e. The zero-order valence-corrected chi connectivity index (χ0v) is 21.4. The summed E-state index contributed by atoms with van der Waals surface area (Å²) >= 11 is 0. The second kappa shape index (κ2) is 8.32. The first-order valence-electron chi connectivity index (χ1n) is 12.9. The number of rotatable bonds is 4. The third-order valence-electron chi connectivity index (χ3n) is 8.88. The number of benzene rings is 2. The fraction of sp³-hybridized carbons (Fsp3) is 0.500. The molecule has 1 heterocycles.